The van der Waals surface area contributed by atoms with Gasteiger partial charge in [0.1, 0.15) is 5.75 Å². The number of carbonyl (C=O) groups is 1. The van der Waals surface area contributed by atoms with Gasteiger partial charge >= 0.3 is 12.1 Å². The van der Waals surface area contributed by atoms with Crippen LogP contribution in [0.1, 0.15) is 16.7 Å². The molecular formula is C17H15F3O3S. The van der Waals surface area contributed by atoms with Gasteiger partial charge in [0.15, 0.2) is 6.61 Å². The molecule has 2 aromatic carbocycles. The van der Waals surface area contributed by atoms with Crippen LogP contribution in [0.2, 0.25) is 0 Å². The van der Waals surface area contributed by atoms with Crippen molar-refractivity contribution in [3.63, 3.8) is 0 Å². The molecule has 0 aromatic heterocycles. The predicted molar refractivity (Wildman–Crippen MR) is 85.3 cm³/mol. The third-order valence-corrected chi connectivity index (χ3v) is 4.25. The Kier molecular flexibility index (Phi) is 5.77. The van der Waals surface area contributed by atoms with Crippen molar-refractivity contribution in [3.8, 4) is 5.75 Å². The van der Waals surface area contributed by atoms with Crippen LogP contribution < -0.4 is 4.74 Å². The molecule has 0 saturated carbocycles. The van der Waals surface area contributed by atoms with Crippen molar-refractivity contribution in [3.05, 3.63) is 59.2 Å². The minimum Gasteiger partial charge on any atom is -0.482 e. The van der Waals surface area contributed by atoms with Gasteiger partial charge in [0.05, 0.1) is 5.56 Å². The summed E-state index contributed by atoms with van der Waals surface area (Å²) in [5, 5.41) is 8.60. The summed E-state index contributed by atoms with van der Waals surface area (Å²) in [5.74, 6) is -0.0150. The zero-order valence-electron chi connectivity index (χ0n) is 12.8. The van der Waals surface area contributed by atoms with Crippen molar-refractivity contribution in [2.75, 3.05) is 6.61 Å². The van der Waals surface area contributed by atoms with Gasteiger partial charge in [0.25, 0.3) is 0 Å². The van der Waals surface area contributed by atoms with Gasteiger partial charge in [-0.05, 0) is 48.4 Å². The molecule has 0 unspecified atom stereocenters. The van der Waals surface area contributed by atoms with E-state index in [-0.39, 0.29) is 0 Å². The van der Waals surface area contributed by atoms with Gasteiger partial charge in [-0.1, -0.05) is 12.1 Å². The second-order valence-electron chi connectivity index (χ2n) is 5.09. The zero-order chi connectivity index (χ0) is 17.7. The van der Waals surface area contributed by atoms with E-state index in [9.17, 15) is 18.0 Å². The monoisotopic (exact) mass is 356 g/mol. The van der Waals surface area contributed by atoms with E-state index in [2.05, 4.69) is 0 Å². The summed E-state index contributed by atoms with van der Waals surface area (Å²) < 4.78 is 42.7. The lowest BCUT2D eigenvalue weighted by atomic mass is 10.1. The Labute approximate surface area is 141 Å². The molecule has 0 spiro atoms. The largest absolute Gasteiger partial charge is 0.482 e. The van der Waals surface area contributed by atoms with Crippen LogP contribution in [0.25, 0.3) is 0 Å². The van der Waals surface area contributed by atoms with E-state index in [4.69, 9.17) is 9.84 Å². The number of benzene rings is 2. The molecule has 0 saturated heterocycles. The van der Waals surface area contributed by atoms with E-state index in [1.54, 1.807) is 19.1 Å². The minimum atomic E-state index is -4.32. The molecule has 0 atom stereocenters. The predicted octanol–water partition coefficient (Wildman–Crippen LogP) is 4.77. The molecule has 0 amide bonds. The molecule has 1 N–H and O–H groups in total. The fourth-order valence-electron chi connectivity index (χ4n) is 1.97. The molecule has 2 rings (SSSR count). The third-order valence-electron chi connectivity index (χ3n) is 3.18. The molecule has 128 valence electrons. The first-order valence-corrected chi connectivity index (χ1v) is 7.98. The molecule has 2 aromatic rings. The van der Waals surface area contributed by atoms with Crippen LogP contribution in [0.4, 0.5) is 13.2 Å². The van der Waals surface area contributed by atoms with E-state index in [0.29, 0.717) is 11.5 Å². The van der Waals surface area contributed by atoms with Crippen molar-refractivity contribution in [1.82, 2.24) is 0 Å². The van der Waals surface area contributed by atoms with Crippen LogP contribution in [0.5, 0.6) is 5.75 Å². The number of alkyl halides is 3. The highest BCUT2D eigenvalue weighted by molar-refractivity contribution is 7.98. The third kappa shape index (κ3) is 5.19. The lowest BCUT2D eigenvalue weighted by molar-refractivity contribution is -0.139. The summed E-state index contributed by atoms with van der Waals surface area (Å²) >= 11 is 1.48. The second-order valence-corrected chi connectivity index (χ2v) is 6.14. The second kappa shape index (κ2) is 7.61. The summed E-state index contributed by atoms with van der Waals surface area (Å²) in [7, 11) is 0. The Morgan fingerprint density at radius 1 is 1.17 bits per heavy atom. The topological polar surface area (TPSA) is 46.5 Å². The molecule has 3 nitrogen and oxygen atoms in total. The molecule has 7 heteroatoms. The van der Waals surface area contributed by atoms with Crippen LogP contribution in [0.3, 0.4) is 0 Å². The molecule has 0 fully saturated rings. The summed E-state index contributed by atoms with van der Waals surface area (Å²) in [6.07, 6.45) is -4.32. The molecule has 0 aliphatic carbocycles. The molecule has 0 radical (unpaired) electrons. The summed E-state index contributed by atoms with van der Waals surface area (Å²) in [6.45, 7) is 1.40. The number of thioether (sulfide) groups is 1. The fourth-order valence-corrected chi connectivity index (χ4v) is 2.92. The van der Waals surface area contributed by atoms with E-state index >= 15 is 0 Å². The van der Waals surface area contributed by atoms with Crippen LogP contribution in [-0.2, 0) is 16.7 Å². The van der Waals surface area contributed by atoms with Gasteiger partial charge in [-0.15, -0.1) is 11.8 Å². The Balaban J connectivity index is 1.97. The first-order valence-electron chi connectivity index (χ1n) is 7.00. The van der Waals surface area contributed by atoms with Crippen LogP contribution in [-0.4, -0.2) is 17.7 Å². The van der Waals surface area contributed by atoms with Crippen molar-refractivity contribution >= 4 is 17.7 Å². The van der Waals surface area contributed by atoms with E-state index in [1.807, 2.05) is 6.07 Å². The van der Waals surface area contributed by atoms with E-state index in [0.717, 1.165) is 28.2 Å². The average Bonchev–Trinajstić information content (AvgIpc) is 2.51. The number of carboxylic acid groups (broad SMARTS) is 1. The SMILES string of the molecule is Cc1cc(SCc2ccc(C(F)(F)F)cc2)ccc1OCC(=O)O. The number of ether oxygens (including phenoxy) is 1. The van der Waals surface area contributed by atoms with Crippen molar-refractivity contribution < 1.29 is 27.8 Å². The first kappa shape index (κ1) is 18.2. The zero-order valence-corrected chi connectivity index (χ0v) is 13.6. The molecule has 0 heterocycles. The highest BCUT2D eigenvalue weighted by Gasteiger charge is 2.29. The highest BCUT2D eigenvalue weighted by atomic mass is 32.2. The Morgan fingerprint density at radius 3 is 2.38 bits per heavy atom. The van der Waals surface area contributed by atoms with Gasteiger partial charge in [-0.25, -0.2) is 4.79 Å². The number of hydrogen-bond donors (Lipinski definition) is 1. The average molecular weight is 356 g/mol. The number of rotatable bonds is 6. The summed E-state index contributed by atoms with van der Waals surface area (Å²) in [5.41, 5.74) is 0.928. The number of carboxylic acids is 1. The van der Waals surface area contributed by atoms with Gasteiger partial charge in [0, 0.05) is 10.6 Å². The maximum Gasteiger partial charge on any atom is 0.416 e. The van der Waals surface area contributed by atoms with Crippen molar-refractivity contribution in [2.45, 2.75) is 23.7 Å². The quantitative estimate of drug-likeness (QED) is 0.758. The lowest BCUT2D eigenvalue weighted by Crippen LogP contribution is -2.09. The van der Waals surface area contributed by atoms with Gasteiger partial charge < -0.3 is 9.84 Å². The normalized spacial score (nSPS) is 11.3. The van der Waals surface area contributed by atoms with Gasteiger partial charge in [-0.3, -0.25) is 0 Å². The lowest BCUT2D eigenvalue weighted by Gasteiger charge is -2.10. The number of halogens is 3. The maximum absolute atomic E-state index is 12.5. The van der Waals surface area contributed by atoms with Gasteiger partial charge in [0.2, 0.25) is 0 Å². The number of aliphatic carboxylic acids is 1. The van der Waals surface area contributed by atoms with Gasteiger partial charge in [-0.2, -0.15) is 13.2 Å². The Morgan fingerprint density at radius 2 is 1.83 bits per heavy atom. The standard InChI is InChI=1S/C17H15F3O3S/c1-11-8-14(6-7-15(11)23-9-16(21)22)24-10-12-2-4-13(5-3-12)17(18,19)20/h2-8H,9-10H2,1H3,(H,21,22). The molecule has 24 heavy (non-hydrogen) atoms. The maximum atomic E-state index is 12.5. The minimum absolute atomic E-state index is 0.404. The number of aryl methyl sites for hydroxylation is 1. The van der Waals surface area contributed by atoms with Crippen molar-refractivity contribution in [1.29, 1.82) is 0 Å². The Bertz CT molecular complexity index is 712. The van der Waals surface area contributed by atoms with Crippen LogP contribution in [0, 0.1) is 6.92 Å². The Hall–Kier alpha value is -2.15. The van der Waals surface area contributed by atoms with Crippen LogP contribution >= 0.6 is 11.8 Å². The highest BCUT2D eigenvalue weighted by Crippen LogP contribution is 2.31. The van der Waals surface area contributed by atoms with Crippen molar-refractivity contribution in [2.24, 2.45) is 0 Å². The first-order chi connectivity index (χ1) is 11.3. The molecule has 0 bridgehead atoms. The molecular weight excluding hydrogens is 341 g/mol. The molecule has 0 aliphatic rings. The van der Waals surface area contributed by atoms with E-state index < -0.39 is 24.3 Å². The smallest absolute Gasteiger partial charge is 0.416 e. The number of hydrogen-bond acceptors (Lipinski definition) is 3. The molecule has 0 aliphatic heterocycles. The van der Waals surface area contributed by atoms with Crippen LogP contribution in [0.15, 0.2) is 47.4 Å². The van der Waals surface area contributed by atoms with E-state index in [1.165, 1.54) is 23.9 Å². The fraction of sp³-hybridized carbons (Fsp3) is 0.235. The summed E-state index contributed by atoms with van der Waals surface area (Å²) in [6, 6.07) is 10.4. The summed E-state index contributed by atoms with van der Waals surface area (Å²) in [4.78, 5) is 11.4.